The van der Waals surface area contributed by atoms with E-state index in [-0.39, 0.29) is 6.10 Å². The molecule has 0 radical (unpaired) electrons. The summed E-state index contributed by atoms with van der Waals surface area (Å²) in [6, 6.07) is 0.944. The van der Waals surface area contributed by atoms with E-state index in [0.717, 1.165) is 45.1 Å². The third kappa shape index (κ3) is 2.74. The van der Waals surface area contributed by atoms with E-state index in [4.69, 9.17) is 4.74 Å². The van der Waals surface area contributed by atoms with Crippen LogP contribution in [0.15, 0.2) is 18.6 Å². The lowest BCUT2D eigenvalue weighted by atomic mass is 10.1. The molecule has 1 aromatic rings. The first kappa shape index (κ1) is 13.4. The van der Waals surface area contributed by atoms with Gasteiger partial charge in [-0.05, 0) is 6.42 Å². The van der Waals surface area contributed by atoms with Crippen molar-refractivity contribution in [3.8, 4) is 0 Å². The summed E-state index contributed by atoms with van der Waals surface area (Å²) < 4.78 is 5.98. The molecule has 1 unspecified atom stereocenters. The highest BCUT2D eigenvalue weighted by molar-refractivity contribution is 5.39. The number of nitrogens with one attached hydrogen (secondary N) is 2. The summed E-state index contributed by atoms with van der Waals surface area (Å²) >= 11 is 0. The van der Waals surface area contributed by atoms with Crippen molar-refractivity contribution in [2.24, 2.45) is 0 Å². The number of fused-ring (bicyclic) bond motifs is 1. The summed E-state index contributed by atoms with van der Waals surface area (Å²) in [4.78, 5) is 13.5. The fourth-order valence-electron chi connectivity index (χ4n) is 3.62. The van der Waals surface area contributed by atoms with Gasteiger partial charge in [0.2, 0.25) is 0 Å². The predicted molar refractivity (Wildman–Crippen MR) is 78.9 cm³/mol. The normalized spacial score (nSPS) is 33.3. The van der Waals surface area contributed by atoms with Gasteiger partial charge in [-0.15, -0.1) is 0 Å². The molecule has 0 bridgehead atoms. The van der Waals surface area contributed by atoms with Gasteiger partial charge in [0.25, 0.3) is 0 Å². The molecule has 0 aliphatic carbocycles. The number of aromatic nitrogens is 2. The van der Waals surface area contributed by atoms with Crippen LogP contribution in [0.4, 0.5) is 5.82 Å². The number of hydrazine groups is 1. The molecule has 21 heavy (non-hydrogen) atoms. The van der Waals surface area contributed by atoms with Crippen LogP contribution in [0.1, 0.15) is 6.42 Å². The number of nitrogens with zero attached hydrogens (tertiary/aromatic N) is 4. The van der Waals surface area contributed by atoms with E-state index >= 15 is 0 Å². The standard InChI is InChI=1S/C14H22N6O/c1-2-17-18-11(1)8-19-9-12-13(10-19)21-6-5-20(12)14-7-15-3-4-16-14/h3-4,7,11-13,17-18H,1-2,5-6,8-10H2/t11?,12-,13+/m1/s1. The molecule has 3 atom stereocenters. The molecule has 7 nitrogen and oxygen atoms in total. The summed E-state index contributed by atoms with van der Waals surface area (Å²) in [7, 11) is 0. The number of likely N-dealkylation sites (tertiary alicyclic amines) is 1. The van der Waals surface area contributed by atoms with Crippen molar-refractivity contribution in [1.29, 1.82) is 0 Å². The van der Waals surface area contributed by atoms with Crippen molar-refractivity contribution in [2.75, 3.05) is 44.2 Å². The van der Waals surface area contributed by atoms with E-state index in [9.17, 15) is 0 Å². The van der Waals surface area contributed by atoms with Crippen LogP contribution >= 0.6 is 0 Å². The van der Waals surface area contributed by atoms with Crippen LogP contribution in [0, 0.1) is 0 Å². The number of morpholine rings is 1. The van der Waals surface area contributed by atoms with Crippen molar-refractivity contribution >= 4 is 5.82 Å². The first-order chi connectivity index (χ1) is 10.4. The lowest BCUT2D eigenvalue weighted by molar-refractivity contribution is 0.0303. The zero-order valence-corrected chi connectivity index (χ0v) is 12.1. The fraction of sp³-hybridized carbons (Fsp3) is 0.714. The Morgan fingerprint density at radius 3 is 3.14 bits per heavy atom. The number of hydrogen-bond acceptors (Lipinski definition) is 7. The van der Waals surface area contributed by atoms with Gasteiger partial charge in [-0.25, -0.2) is 4.98 Å². The summed E-state index contributed by atoms with van der Waals surface area (Å²) in [6.45, 7) is 5.87. The van der Waals surface area contributed by atoms with E-state index in [1.165, 1.54) is 6.42 Å². The van der Waals surface area contributed by atoms with Gasteiger partial charge in [-0.1, -0.05) is 0 Å². The second-order valence-electron chi connectivity index (χ2n) is 6.01. The topological polar surface area (TPSA) is 65.6 Å². The highest BCUT2D eigenvalue weighted by Gasteiger charge is 2.41. The van der Waals surface area contributed by atoms with Gasteiger partial charge >= 0.3 is 0 Å². The van der Waals surface area contributed by atoms with Crippen molar-refractivity contribution in [2.45, 2.75) is 24.6 Å². The molecule has 0 spiro atoms. The molecule has 0 aromatic carbocycles. The molecule has 114 valence electrons. The first-order valence-corrected chi connectivity index (χ1v) is 7.75. The Hall–Kier alpha value is -1.28. The third-order valence-electron chi connectivity index (χ3n) is 4.62. The number of rotatable bonds is 3. The van der Waals surface area contributed by atoms with E-state index in [1.54, 1.807) is 12.4 Å². The van der Waals surface area contributed by atoms with Crippen LogP contribution in [0.3, 0.4) is 0 Å². The monoisotopic (exact) mass is 290 g/mol. The Kier molecular flexibility index (Phi) is 3.72. The van der Waals surface area contributed by atoms with Crippen LogP contribution in [-0.4, -0.2) is 72.4 Å². The zero-order chi connectivity index (χ0) is 14.1. The summed E-state index contributed by atoms with van der Waals surface area (Å²) in [5.74, 6) is 0.971. The van der Waals surface area contributed by atoms with Crippen LogP contribution in [0.25, 0.3) is 0 Å². The average Bonchev–Trinajstić information content (AvgIpc) is 3.17. The SMILES string of the molecule is c1cnc(N2CCO[C@H]3CN(CC4CCNN4)C[C@H]32)cn1. The van der Waals surface area contributed by atoms with Gasteiger partial charge in [0.05, 0.1) is 24.9 Å². The van der Waals surface area contributed by atoms with Crippen LogP contribution in [-0.2, 0) is 4.74 Å². The Bertz CT molecular complexity index is 466. The summed E-state index contributed by atoms with van der Waals surface area (Å²) in [5, 5.41) is 0. The molecular formula is C14H22N6O. The number of anilines is 1. The van der Waals surface area contributed by atoms with Gasteiger partial charge in [0.1, 0.15) is 5.82 Å². The Balaban J connectivity index is 1.44. The molecule has 4 rings (SSSR count). The van der Waals surface area contributed by atoms with E-state index in [2.05, 4.69) is 30.6 Å². The van der Waals surface area contributed by atoms with Gasteiger partial charge in [0.15, 0.2) is 0 Å². The molecular weight excluding hydrogens is 268 g/mol. The Morgan fingerprint density at radius 1 is 1.33 bits per heavy atom. The second kappa shape index (κ2) is 5.84. The molecule has 0 amide bonds. The quantitative estimate of drug-likeness (QED) is 0.758. The molecule has 4 heterocycles. The van der Waals surface area contributed by atoms with Gasteiger partial charge in [-0.2, -0.15) is 0 Å². The maximum Gasteiger partial charge on any atom is 0.147 e. The average molecular weight is 290 g/mol. The minimum atomic E-state index is 0.287. The molecule has 1 aromatic heterocycles. The molecule has 7 heteroatoms. The van der Waals surface area contributed by atoms with Gasteiger partial charge < -0.3 is 9.64 Å². The predicted octanol–water partition coefficient (Wildman–Crippen LogP) is -0.767. The minimum absolute atomic E-state index is 0.287. The van der Waals surface area contributed by atoms with E-state index in [1.807, 2.05) is 6.20 Å². The first-order valence-electron chi connectivity index (χ1n) is 7.75. The molecule has 3 aliphatic heterocycles. The molecule has 3 fully saturated rings. The van der Waals surface area contributed by atoms with Crippen molar-refractivity contribution in [1.82, 2.24) is 25.7 Å². The van der Waals surface area contributed by atoms with Crippen LogP contribution < -0.4 is 15.8 Å². The highest BCUT2D eigenvalue weighted by atomic mass is 16.5. The lowest BCUT2D eigenvalue weighted by Crippen LogP contribution is -2.51. The minimum Gasteiger partial charge on any atom is -0.373 e. The maximum atomic E-state index is 5.98. The number of ether oxygens (including phenoxy) is 1. The zero-order valence-electron chi connectivity index (χ0n) is 12.1. The smallest absolute Gasteiger partial charge is 0.147 e. The van der Waals surface area contributed by atoms with Gasteiger partial charge in [-0.3, -0.25) is 20.7 Å². The summed E-state index contributed by atoms with van der Waals surface area (Å²) in [6.07, 6.45) is 6.82. The molecule has 3 saturated heterocycles. The van der Waals surface area contributed by atoms with E-state index in [0.29, 0.717) is 12.1 Å². The summed E-state index contributed by atoms with van der Waals surface area (Å²) in [5.41, 5.74) is 6.55. The molecule has 0 saturated carbocycles. The Morgan fingerprint density at radius 2 is 2.33 bits per heavy atom. The second-order valence-corrected chi connectivity index (χ2v) is 6.01. The number of hydrogen-bond donors (Lipinski definition) is 2. The molecule has 2 N–H and O–H groups in total. The maximum absolute atomic E-state index is 5.98. The van der Waals surface area contributed by atoms with Crippen LogP contribution in [0.2, 0.25) is 0 Å². The van der Waals surface area contributed by atoms with Crippen molar-refractivity contribution in [3.05, 3.63) is 18.6 Å². The molecule has 3 aliphatic rings. The fourth-order valence-corrected chi connectivity index (χ4v) is 3.62. The van der Waals surface area contributed by atoms with Crippen LogP contribution in [0.5, 0.6) is 0 Å². The largest absolute Gasteiger partial charge is 0.373 e. The van der Waals surface area contributed by atoms with Crippen molar-refractivity contribution in [3.63, 3.8) is 0 Å². The van der Waals surface area contributed by atoms with Crippen molar-refractivity contribution < 1.29 is 4.74 Å². The van der Waals surface area contributed by atoms with Gasteiger partial charge in [0, 0.05) is 51.2 Å². The third-order valence-corrected chi connectivity index (χ3v) is 4.62. The van der Waals surface area contributed by atoms with E-state index < -0.39 is 0 Å². The Labute approximate surface area is 124 Å². The highest BCUT2D eigenvalue weighted by Crippen LogP contribution is 2.26. The lowest BCUT2D eigenvalue weighted by Gasteiger charge is -2.37.